The van der Waals surface area contributed by atoms with Crippen LogP contribution >= 0.6 is 11.8 Å². The Morgan fingerprint density at radius 1 is 1.00 bits per heavy atom. The van der Waals surface area contributed by atoms with E-state index >= 15 is 0 Å². The third-order valence-corrected chi connectivity index (χ3v) is 6.70. The number of H-pyrrole nitrogens is 1. The average Bonchev–Trinajstić information content (AvgIpc) is 3.31. The van der Waals surface area contributed by atoms with Gasteiger partial charge in [-0.2, -0.15) is 4.57 Å². The molecule has 1 amide bonds. The first-order valence-corrected chi connectivity index (χ1v) is 12.6. The zero-order chi connectivity index (χ0) is 26.6. The molecule has 4 aromatic rings. The largest absolute Gasteiger partial charge is 0.545 e. The van der Waals surface area contributed by atoms with E-state index in [0.29, 0.717) is 10.8 Å². The number of carbonyl (C=O) groups excluding carboxylic acids is 2. The van der Waals surface area contributed by atoms with Crippen LogP contribution in [0.3, 0.4) is 0 Å². The number of hydrogen-bond donors (Lipinski definition) is 2. The molecule has 0 spiro atoms. The molecule has 8 nitrogen and oxygen atoms in total. The van der Waals surface area contributed by atoms with Gasteiger partial charge in [-0.05, 0) is 76.8 Å². The first-order valence-electron chi connectivity index (χ1n) is 11.7. The van der Waals surface area contributed by atoms with E-state index in [1.807, 2.05) is 28.8 Å². The highest BCUT2D eigenvalue weighted by Gasteiger charge is 2.25. The number of benzene rings is 3. The summed E-state index contributed by atoms with van der Waals surface area (Å²) in [4.78, 5) is 23.5. The molecule has 1 heterocycles. The SMILES string of the molecule is COc1ccc(-[n+]2c(SCC(=O)Nc3ccc(C(=O)[O-])cc3)n[nH]c2-c2ccc(C(C)(C)C)cc2)cc1. The minimum absolute atomic E-state index is 0.0394. The lowest BCUT2D eigenvalue weighted by atomic mass is 9.87. The van der Waals surface area contributed by atoms with Crippen molar-refractivity contribution in [3.05, 3.63) is 83.9 Å². The highest BCUT2D eigenvalue weighted by molar-refractivity contribution is 7.99. The zero-order valence-electron chi connectivity index (χ0n) is 21.1. The molecule has 0 aliphatic carbocycles. The minimum atomic E-state index is -1.26. The molecule has 190 valence electrons. The lowest BCUT2D eigenvalue weighted by Gasteiger charge is -2.18. The first-order chi connectivity index (χ1) is 17.7. The van der Waals surface area contributed by atoms with Crippen LogP contribution in [-0.4, -0.2) is 34.9 Å². The number of aromatic nitrogens is 3. The van der Waals surface area contributed by atoms with E-state index in [2.05, 4.69) is 60.6 Å². The van der Waals surface area contributed by atoms with Crippen molar-refractivity contribution < 1.29 is 24.0 Å². The van der Waals surface area contributed by atoms with Crippen LogP contribution in [0.25, 0.3) is 17.1 Å². The predicted molar refractivity (Wildman–Crippen MR) is 141 cm³/mol. The van der Waals surface area contributed by atoms with Gasteiger partial charge >= 0.3 is 5.16 Å². The fraction of sp³-hybridized carbons (Fsp3) is 0.214. The quantitative estimate of drug-likeness (QED) is 0.273. The van der Waals surface area contributed by atoms with Crippen molar-refractivity contribution in [3.63, 3.8) is 0 Å². The van der Waals surface area contributed by atoms with E-state index in [1.165, 1.54) is 41.6 Å². The molecule has 0 atom stereocenters. The van der Waals surface area contributed by atoms with Gasteiger partial charge in [0.05, 0.1) is 29.5 Å². The molecular weight excluding hydrogens is 488 g/mol. The van der Waals surface area contributed by atoms with Gasteiger partial charge in [-0.15, -0.1) is 5.10 Å². The molecule has 0 aliphatic rings. The van der Waals surface area contributed by atoms with Crippen LogP contribution in [0.5, 0.6) is 5.75 Å². The second-order valence-corrected chi connectivity index (χ2v) is 10.4. The number of ether oxygens (including phenoxy) is 1. The van der Waals surface area contributed by atoms with E-state index < -0.39 is 5.97 Å². The summed E-state index contributed by atoms with van der Waals surface area (Å²) in [6.07, 6.45) is 0. The van der Waals surface area contributed by atoms with Crippen LogP contribution in [-0.2, 0) is 10.2 Å². The zero-order valence-corrected chi connectivity index (χ0v) is 21.9. The number of aromatic carboxylic acids is 1. The van der Waals surface area contributed by atoms with Crippen molar-refractivity contribution in [1.29, 1.82) is 0 Å². The number of thioether (sulfide) groups is 1. The normalized spacial score (nSPS) is 11.2. The second-order valence-electron chi connectivity index (χ2n) is 9.42. The number of amides is 1. The molecular formula is C28H28N4O4S. The number of aromatic amines is 1. The van der Waals surface area contributed by atoms with Gasteiger partial charge in [0.25, 0.3) is 5.82 Å². The Morgan fingerprint density at radius 2 is 1.65 bits per heavy atom. The maximum absolute atomic E-state index is 12.6. The van der Waals surface area contributed by atoms with Crippen LogP contribution < -0.4 is 19.7 Å². The third-order valence-electron chi connectivity index (χ3n) is 5.76. The fourth-order valence-electron chi connectivity index (χ4n) is 3.70. The number of anilines is 1. The highest BCUT2D eigenvalue weighted by atomic mass is 32.2. The molecule has 0 saturated carbocycles. The van der Waals surface area contributed by atoms with Crippen LogP contribution in [0, 0.1) is 0 Å². The van der Waals surface area contributed by atoms with Crippen molar-refractivity contribution in [2.75, 3.05) is 18.2 Å². The molecule has 1 aromatic heterocycles. The van der Waals surface area contributed by atoms with Gasteiger partial charge in [-0.3, -0.25) is 4.79 Å². The van der Waals surface area contributed by atoms with E-state index in [1.54, 1.807) is 7.11 Å². The molecule has 2 N–H and O–H groups in total. The molecule has 4 rings (SSSR count). The second kappa shape index (κ2) is 10.9. The summed E-state index contributed by atoms with van der Waals surface area (Å²) in [5, 5.41) is 22.0. The van der Waals surface area contributed by atoms with Crippen molar-refractivity contribution in [2.24, 2.45) is 0 Å². The first kappa shape index (κ1) is 26.0. The molecule has 0 saturated heterocycles. The van der Waals surface area contributed by atoms with E-state index in [9.17, 15) is 14.7 Å². The number of carboxylic acid groups (broad SMARTS) is 1. The van der Waals surface area contributed by atoms with E-state index in [-0.39, 0.29) is 22.6 Å². The number of rotatable bonds is 8. The van der Waals surface area contributed by atoms with Gasteiger partial charge in [0, 0.05) is 5.69 Å². The number of hydrogen-bond acceptors (Lipinski definition) is 6. The number of nitrogens with zero attached hydrogens (tertiary/aromatic N) is 2. The monoisotopic (exact) mass is 516 g/mol. The Kier molecular flexibility index (Phi) is 7.63. The van der Waals surface area contributed by atoms with E-state index in [0.717, 1.165) is 22.8 Å². The van der Waals surface area contributed by atoms with Gasteiger partial charge < -0.3 is 20.0 Å². The summed E-state index contributed by atoms with van der Waals surface area (Å²) in [6, 6.07) is 21.8. The van der Waals surface area contributed by atoms with Crippen molar-refractivity contribution in [1.82, 2.24) is 10.2 Å². The summed E-state index contributed by atoms with van der Waals surface area (Å²) in [6.45, 7) is 6.52. The Hall–Kier alpha value is -4.11. The molecule has 0 fully saturated rings. The van der Waals surface area contributed by atoms with Crippen LogP contribution in [0.1, 0.15) is 36.7 Å². The maximum Gasteiger partial charge on any atom is 0.342 e. The lowest BCUT2D eigenvalue weighted by Crippen LogP contribution is -2.34. The van der Waals surface area contributed by atoms with Crippen LogP contribution in [0.2, 0.25) is 0 Å². The van der Waals surface area contributed by atoms with Crippen LogP contribution in [0.15, 0.2) is 78.0 Å². The average molecular weight is 517 g/mol. The smallest absolute Gasteiger partial charge is 0.342 e. The number of nitrogens with one attached hydrogen (secondary N) is 2. The van der Waals surface area contributed by atoms with Gasteiger partial charge in [0.15, 0.2) is 0 Å². The molecule has 0 unspecified atom stereocenters. The van der Waals surface area contributed by atoms with E-state index in [4.69, 9.17) is 4.74 Å². The Bertz CT molecular complexity index is 1390. The van der Waals surface area contributed by atoms with Gasteiger partial charge in [0.2, 0.25) is 5.91 Å². The molecule has 37 heavy (non-hydrogen) atoms. The van der Waals surface area contributed by atoms with Gasteiger partial charge in [-0.25, -0.2) is 0 Å². The fourth-order valence-corrected chi connectivity index (χ4v) is 4.47. The number of methoxy groups -OCH3 is 1. The number of carbonyl (C=O) groups is 2. The molecule has 0 aliphatic heterocycles. The van der Waals surface area contributed by atoms with Crippen molar-refractivity contribution >= 4 is 29.3 Å². The molecule has 0 radical (unpaired) electrons. The summed E-state index contributed by atoms with van der Waals surface area (Å²) in [5.41, 5.74) is 3.64. The third kappa shape index (κ3) is 6.18. The summed E-state index contributed by atoms with van der Waals surface area (Å²) < 4.78 is 7.28. The molecule has 3 aromatic carbocycles. The summed E-state index contributed by atoms with van der Waals surface area (Å²) in [7, 11) is 1.62. The number of carboxylic acids is 1. The Balaban J connectivity index is 1.58. The molecule has 9 heteroatoms. The summed E-state index contributed by atoms with van der Waals surface area (Å²) in [5.74, 6) is 0.116. The van der Waals surface area contributed by atoms with Gasteiger partial charge in [0.1, 0.15) is 11.4 Å². The minimum Gasteiger partial charge on any atom is -0.545 e. The maximum atomic E-state index is 12.6. The predicted octanol–water partition coefficient (Wildman–Crippen LogP) is 3.75. The van der Waals surface area contributed by atoms with Crippen molar-refractivity contribution in [3.8, 4) is 22.8 Å². The molecule has 0 bridgehead atoms. The topological polar surface area (TPSA) is 111 Å². The standard InChI is InChI=1S/C28H28N4O4S/c1-28(2,3)20-9-5-18(6-10-20)25-30-31-27(32(25)22-13-15-23(36-4)16-14-22)37-17-24(33)29-21-11-7-19(8-12-21)26(34)35/h5-16H,17H2,1-4H3,(H2,29,33,34,35). The Labute approximate surface area is 219 Å². The van der Waals surface area contributed by atoms with Crippen molar-refractivity contribution in [2.45, 2.75) is 31.3 Å². The van der Waals surface area contributed by atoms with Crippen LogP contribution in [0.4, 0.5) is 5.69 Å². The Morgan fingerprint density at radius 3 is 2.22 bits per heavy atom. The lowest BCUT2D eigenvalue weighted by molar-refractivity contribution is -0.625. The summed E-state index contributed by atoms with van der Waals surface area (Å²) >= 11 is 1.28. The highest BCUT2D eigenvalue weighted by Crippen LogP contribution is 2.26. The van der Waals surface area contributed by atoms with Gasteiger partial charge in [-0.1, -0.05) is 45.0 Å².